The molecule has 1 saturated heterocycles. The summed E-state index contributed by atoms with van der Waals surface area (Å²) >= 11 is 0. The van der Waals surface area contributed by atoms with Gasteiger partial charge < -0.3 is 9.32 Å². The third-order valence-corrected chi connectivity index (χ3v) is 3.70. The highest BCUT2D eigenvalue weighted by Crippen LogP contribution is 2.19. The monoisotopic (exact) mass is 289 g/mol. The lowest BCUT2D eigenvalue weighted by atomic mass is 10.3. The van der Waals surface area contributed by atoms with Crippen LogP contribution in [0.2, 0.25) is 0 Å². The molecule has 21 heavy (non-hydrogen) atoms. The van der Waals surface area contributed by atoms with Crippen LogP contribution in [0.15, 0.2) is 10.5 Å². The van der Waals surface area contributed by atoms with E-state index in [1.54, 1.807) is 4.68 Å². The molecule has 0 aromatic carbocycles. The van der Waals surface area contributed by atoms with Gasteiger partial charge in [-0.3, -0.25) is 9.48 Å². The van der Waals surface area contributed by atoms with Crippen molar-refractivity contribution >= 4 is 5.91 Å². The van der Waals surface area contributed by atoms with Crippen LogP contribution < -0.4 is 0 Å². The summed E-state index contributed by atoms with van der Waals surface area (Å²) in [6.45, 7) is 3.67. The minimum Gasteiger partial charge on any atom is -0.419 e. The van der Waals surface area contributed by atoms with E-state index < -0.39 is 0 Å². The summed E-state index contributed by atoms with van der Waals surface area (Å²) in [5.74, 6) is 1.11. The fourth-order valence-corrected chi connectivity index (χ4v) is 2.61. The highest BCUT2D eigenvalue weighted by Gasteiger charge is 2.19. The first-order valence-electron chi connectivity index (χ1n) is 7.24. The normalized spacial score (nSPS) is 14.9. The van der Waals surface area contributed by atoms with Crippen LogP contribution in [0.25, 0.3) is 11.6 Å². The van der Waals surface area contributed by atoms with Crippen molar-refractivity contribution in [1.82, 2.24) is 24.9 Å². The highest BCUT2D eigenvalue weighted by molar-refractivity contribution is 5.76. The summed E-state index contributed by atoms with van der Waals surface area (Å²) in [5.41, 5.74) is 1.69. The van der Waals surface area contributed by atoms with Gasteiger partial charge in [0.15, 0.2) is 0 Å². The zero-order valence-electron chi connectivity index (χ0n) is 12.4. The first kappa shape index (κ1) is 13.8. The molecule has 0 aliphatic carbocycles. The topological polar surface area (TPSA) is 77.0 Å². The summed E-state index contributed by atoms with van der Waals surface area (Å²) in [5, 5.41) is 12.3. The Labute approximate surface area is 122 Å². The molecule has 3 rings (SSSR count). The van der Waals surface area contributed by atoms with E-state index in [1.807, 2.05) is 24.9 Å². The van der Waals surface area contributed by atoms with Crippen LogP contribution in [-0.4, -0.2) is 43.9 Å². The second-order valence-corrected chi connectivity index (χ2v) is 5.38. The summed E-state index contributed by atoms with van der Waals surface area (Å²) in [7, 11) is 1.84. The molecule has 0 saturated carbocycles. The molecule has 1 amide bonds. The van der Waals surface area contributed by atoms with Crippen LogP contribution in [0.4, 0.5) is 0 Å². The predicted molar refractivity (Wildman–Crippen MR) is 75.4 cm³/mol. The predicted octanol–water partition coefficient (Wildman–Crippen LogP) is 1.33. The molecule has 112 valence electrons. The number of nitrogens with zero attached hydrogens (tertiary/aromatic N) is 5. The van der Waals surface area contributed by atoms with Crippen LogP contribution in [0.5, 0.6) is 0 Å². The van der Waals surface area contributed by atoms with E-state index in [1.165, 1.54) is 0 Å². The molecule has 0 radical (unpaired) electrons. The number of aryl methyl sites for hydroxylation is 3. The van der Waals surface area contributed by atoms with Gasteiger partial charge in [0, 0.05) is 33.0 Å². The molecular weight excluding hydrogens is 270 g/mol. The maximum atomic E-state index is 12.0. The van der Waals surface area contributed by atoms with E-state index >= 15 is 0 Å². The van der Waals surface area contributed by atoms with Crippen LogP contribution >= 0.6 is 0 Å². The highest BCUT2D eigenvalue weighted by atomic mass is 16.4. The lowest BCUT2D eigenvalue weighted by Crippen LogP contribution is -2.27. The molecule has 1 aliphatic rings. The standard InChI is InChI=1S/C14H19N5O2/c1-10-9-11(18(2)17-10)14-16-15-12(21-14)5-6-13(20)19-7-3-4-8-19/h9H,3-8H2,1-2H3. The van der Waals surface area contributed by atoms with Crippen molar-refractivity contribution in [3.8, 4) is 11.6 Å². The summed E-state index contributed by atoms with van der Waals surface area (Å²) < 4.78 is 7.33. The fraction of sp³-hybridized carbons (Fsp3) is 0.571. The van der Waals surface area contributed by atoms with E-state index in [4.69, 9.17) is 4.42 Å². The Morgan fingerprint density at radius 3 is 2.76 bits per heavy atom. The average Bonchev–Trinajstić information content (AvgIpc) is 3.16. The minimum atomic E-state index is 0.170. The van der Waals surface area contributed by atoms with Gasteiger partial charge in [-0.2, -0.15) is 5.10 Å². The number of amides is 1. The van der Waals surface area contributed by atoms with Crippen molar-refractivity contribution in [3.05, 3.63) is 17.7 Å². The van der Waals surface area contributed by atoms with Crippen molar-refractivity contribution in [3.63, 3.8) is 0 Å². The van der Waals surface area contributed by atoms with Gasteiger partial charge in [0.1, 0.15) is 5.69 Å². The van der Waals surface area contributed by atoms with E-state index in [0.29, 0.717) is 24.6 Å². The molecule has 1 aliphatic heterocycles. The first-order chi connectivity index (χ1) is 10.1. The number of likely N-dealkylation sites (tertiary alicyclic amines) is 1. The Balaban J connectivity index is 1.62. The third-order valence-electron chi connectivity index (χ3n) is 3.70. The van der Waals surface area contributed by atoms with Crippen molar-refractivity contribution < 1.29 is 9.21 Å². The molecule has 0 unspecified atom stereocenters. The molecule has 2 aromatic heterocycles. The maximum absolute atomic E-state index is 12.0. The van der Waals surface area contributed by atoms with Gasteiger partial charge in [-0.25, -0.2) is 0 Å². The minimum absolute atomic E-state index is 0.170. The number of hydrogen-bond acceptors (Lipinski definition) is 5. The summed E-state index contributed by atoms with van der Waals surface area (Å²) in [6.07, 6.45) is 3.12. The number of hydrogen-bond donors (Lipinski definition) is 0. The molecule has 7 heteroatoms. The van der Waals surface area contributed by atoms with Crippen molar-refractivity contribution in [2.24, 2.45) is 7.05 Å². The Bertz CT molecular complexity index is 640. The number of aromatic nitrogens is 4. The Morgan fingerprint density at radius 2 is 2.10 bits per heavy atom. The smallest absolute Gasteiger partial charge is 0.265 e. The summed E-state index contributed by atoms with van der Waals surface area (Å²) in [6, 6.07) is 1.90. The third kappa shape index (κ3) is 2.96. The first-order valence-corrected chi connectivity index (χ1v) is 7.24. The lowest BCUT2D eigenvalue weighted by molar-refractivity contribution is -0.130. The van der Waals surface area contributed by atoms with E-state index in [-0.39, 0.29) is 5.91 Å². The Hall–Kier alpha value is -2.18. The average molecular weight is 289 g/mol. The molecule has 0 bridgehead atoms. The maximum Gasteiger partial charge on any atom is 0.265 e. The van der Waals surface area contributed by atoms with Gasteiger partial charge in [-0.05, 0) is 25.8 Å². The van der Waals surface area contributed by atoms with E-state index in [0.717, 1.165) is 37.3 Å². The van der Waals surface area contributed by atoms with Gasteiger partial charge >= 0.3 is 0 Å². The van der Waals surface area contributed by atoms with Gasteiger partial charge in [0.25, 0.3) is 5.89 Å². The molecular formula is C14H19N5O2. The molecule has 7 nitrogen and oxygen atoms in total. The fourth-order valence-electron chi connectivity index (χ4n) is 2.61. The second kappa shape index (κ2) is 5.67. The van der Waals surface area contributed by atoms with Gasteiger partial charge in [0.05, 0.1) is 5.69 Å². The van der Waals surface area contributed by atoms with Crippen molar-refractivity contribution in [2.45, 2.75) is 32.6 Å². The van der Waals surface area contributed by atoms with Gasteiger partial charge in [0.2, 0.25) is 11.8 Å². The molecule has 1 fully saturated rings. The van der Waals surface area contributed by atoms with Crippen molar-refractivity contribution in [1.29, 1.82) is 0 Å². The van der Waals surface area contributed by atoms with Crippen LogP contribution in [0.3, 0.4) is 0 Å². The lowest BCUT2D eigenvalue weighted by Gasteiger charge is -2.13. The zero-order chi connectivity index (χ0) is 14.8. The van der Waals surface area contributed by atoms with Crippen LogP contribution in [0, 0.1) is 6.92 Å². The SMILES string of the molecule is Cc1cc(-c2nnc(CCC(=O)N3CCCC3)o2)n(C)n1. The van der Waals surface area contributed by atoms with Gasteiger partial charge in [-0.1, -0.05) is 0 Å². The second-order valence-electron chi connectivity index (χ2n) is 5.38. The molecule has 3 heterocycles. The Kier molecular flexibility index (Phi) is 3.72. The van der Waals surface area contributed by atoms with Crippen LogP contribution in [-0.2, 0) is 18.3 Å². The summed E-state index contributed by atoms with van der Waals surface area (Å²) in [4.78, 5) is 13.9. The number of carbonyl (C=O) groups excluding carboxylic acids is 1. The van der Waals surface area contributed by atoms with Gasteiger partial charge in [-0.15, -0.1) is 10.2 Å². The molecule has 0 N–H and O–H groups in total. The van der Waals surface area contributed by atoms with E-state index in [2.05, 4.69) is 15.3 Å². The largest absolute Gasteiger partial charge is 0.419 e. The van der Waals surface area contributed by atoms with E-state index in [9.17, 15) is 4.79 Å². The zero-order valence-corrected chi connectivity index (χ0v) is 12.4. The quantitative estimate of drug-likeness (QED) is 0.848. The molecule has 2 aromatic rings. The molecule has 0 spiro atoms. The number of carbonyl (C=O) groups is 1. The number of rotatable bonds is 4. The van der Waals surface area contributed by atoms with Crippen LogP contribution in [0.1, 0.15) is 30.8 Å². The molecule has 0 atom stereocenters. The van der Waals surface area contributed by atoms with Crippen molar-refractivity contribution in [2.75, 3.05) is 13.1 Å². The Morgan fingerprint density at radius 1 is 1.33 bits per heavy atom.